The molecule has 3 aromatic heterocycles. The maximum Gasteiger partial charge on any atom is 0.243 e. The van der Waals surface area contributed by atoms with Gasteiger partial charge in [0.05, 0.1) is 74.1 Å². The number of fused-ring (bicyclic) bond motifs is 1. The molecule has 400 valence electrons. The molecule has 75 heavy (non-hydrogen) atoms. The maximum atomic E-state index is 14.0. The molecule has 1 saturated carbocycles. The van der Waals surface area contributed by atoms with E-state index in [-0.39, 0.29) is 24.8 Å². The van der Waals surface area contributed by atoms with E-state index in [9.17, 15) is 14.7 Å². The van der Waals surface area contributed by atoms with Crippen molar-refractivity contribution in [2.75, 3.05) is 101 Å². The number of nitrogens with zero attached hydrogens (tertiary/aromatic N) is 8. The van der Waals surface area contributed by atoms with Crippen molar-refractivity contribution in [3.63, 3.8) is 0 Å². The van der Waals surface area contributed by atoms with Crippen LogP contribution in [-0.2, 0) is 30.3 Å². The fraction of sp³-hybridized carbons (Fsp3) is 0.500. The number of piperazine rings is 1. The molecule has 1 aliphatic carbocycles. The molecule has 6 aromatic rings. The van der Waals surface area contributed by atoms with E-state index in [2.05, 4.69) is 69.9 Å². The number of ether oxygens (including phenoxy) is 3. The van der Waals surface area contributed by atoms with E-state index in [1.807, 2.05) is 94.0 Å². The summed E-state index contributed by atoms with van der Waals surface area (Å²) in [7, 11) is 0. The maximum absolute atomic E-state index is 14.0. The number of imidazole rings is 1. The first-order valence-corrected chi connectivity index (χ1v) is 27.5. The van der Waals surface area contributed by atoms with Gasteiger partial charge >= 0.3 is 0 Å². The number of thiazole rings is 1. The van der Waals surface area contributed by atoms with E-state index >= 15 is 0 Å². The van der Waals surface area contributed by atoms with Gasteiger partial charge in [0.2, 0.25) is 23.7 Å². The number of nitrogens with one attached hydrogen (secondary N) is 4. The molecule has 3 unspecified atom stereocenters. The highest BCUT2D eigenvalue weighted by Crippen LogP contribution is 2.36. The van der Waals surface area contributed by atoms with E-state index < -0.39 is 23.6 Å². The minimum atomic E-state index is -0.772. The summed E-state index contributed by atoms with van der Waals surface area (Å²) in [5, 5.41) is 23.9. The first kappa shape index (κ1) is 53.8. The second kappa shape index (κ2) is 25.7. The minimum absolute atomic E-state index is 0.110. The summed E-state index contributed by atoms with van der Waals surface area (Å²) in [4.78, 5) is 53.8. The lowest BCUT2D eigenvalue weighted by atomic mass is 9.85. The van der Waals surface area contributed by atoms with E-state index in [1.165, 1.54) is 23.4 Å². The quantitative estimate of drug-likeness (QED) is 0.0378. The van der Waals surface area contributed by atoms with Crippen LogP contribution in [0.2, 0.25) is 0 Å². The minimum Gasteiger partial charge on any atom is -0.391 e. The SMILES string of the molecule is Cc1ncsc1-c1ccc(CNC(=O)C2CC(O)CN2C(=O)C(NCCOCCOCCOCCN2CCN(c3ccc(Nc4ncc5nc(Nc6ccccc6)n(C6CCCC6)c5n4)cc3)CC2)C(C)(C)C)cc1. The third kappa shape index (κ3) is 14.3. The largest absolute Gasteiger partial charge is 0.391 e. The monoisotopic (exact) mass is 1040 g/mol. The Morgan fingerprint density at radius 2 is 1.51 bits per heavy atom. The number of anilines is 5. The molecule has 18 nitrogen and oxygen atoms in total. The predicted octanol–water partition coefficient (Wildman–Crippen LogP) is 7.31. The summed E-state index contributed by atoms with van der Waals surface area (Å²) in [6.45, 7) is 16.4. The van der Waals surface area contributed by atoms with Crippen molar-refractivity contribution in [1.29, 1.82) is 0 Å². The number of aliphatic hydroxyl groups excluding tert-OH is 1. The third-order valence-electron chi connectivity index (χ3n) is 14.3. The smallest absolute Gasteiger partial charge is 0.243 e. The Hall–Kier alpha value is -6.06. The molecule has 19 heteroatoms. The highest BCUT2D eigenvalue weighted by molar-refractivity contribution is 7.13. The number of para-hydroxylation sites is 1. The summed E-state index contributed by atoms with van der Waals surface area (Å²) in [6.07, 6.45) is 5.88. The fourth-order valence-electron chi connectivity index (χ4n) is 10.2. The van der Waals surface area contributed by atoms with E-state index in [0.29, 0.717) is 64.7 Å². The van der Waals surface area contributed by atoms with Crippen molar-refractivity contribution in [1.82, 2.24) is 44.9 Å². The van der Waals surface area contributed by atoms with E-state index in [1.54, 1.807) is 11.3 Å². The predicted molar refractivity (Wildman–Crippen MR) is 295 cm³/mol. The van der Waals surface area contributed by atoms with Gasteiger partial charge < -0.3 is 50.4 Å². The van der Waals surface area contributed by atoms with Crippen molar-refractivity contribution in [2.45, 2.75) is 90.6 Å². The molecule has 9 rings (SSSR count). The molecule has 3 aromatic carbocycles. The van der Waals surface area contributed by atoms with Gasteiger partial charge in [-0.3, -0.25) is 19.1 Å². The van der Waals surface area contributed by atoms with Crippen molar-refractivity contribution >= 4 is 63.3 Å². The number of amides is 2. The van der Waals surface area contributed by atoms with Crippen molar-refractivity contribution in [3.05, 3.63) is 102 Å². The van der Waals surface area contributed by atoms with Crippen LogP contribution in [0, 0.1) is 12.3 Å². The van der Waals surface area contributed by atoms with Gasteiger partial charge in [-0.05, 0) is 72.7 Å². The van der Waals surface area contributed by atoms with Crippen molar-refractivity contribution < 1.29 is 28.9 Å². The number of aliphatic hydroxyl groups is 1. The fourth-order valence-corrected chi connectivity index (χ4v) is 11.0. The summed E-state index contributed by atoms with van der Waals surface area (Å²) in [5.74, 6) is 0.876. The Labute approximate surface area is 444 Å². The molecule has 0 radical (unpaired) electrons. The number of hydrogen-bond donors (Lipinski definition) is 5. The Kier molecular flexibility index (Phi) is 18.4. The second-order valence-electron chi connectivity index (χ2n) is 20.8. The summed E-state index contributed by atoms with van der Waals surface area (Å²) < 4.78 is 19.8. The molecule has 2 aliphatic heterocycles. The molecular formula is C56H74N12O6S. The zero-order valence-electron chi connectivity index (χ0n) is 43.9. The highest BCUT2D eigenvalue weighted by Gasteiger charge is 2.43. The summed E-state index contributed by atoms with van der Waals surface area (Å²) >= 11 is 1.60. The van der Waals surface area contributed by atoms with Gasteiger partial charge in [-0.2, -0.15) is 4.98 Å². The first-order chi connectivity index (χ1) is 36.5. The Morgan fingerprint density at radius 3 is 2.20 bits per heavy atom. The molecule has 2 saturated heterocycles. The summed E-state index contributed by atoms with van der Waals surface area (Å²) in [6, 6.07) is 25.7. The lowest BCUT2D eigenvalue weighted by Crippen LogP contribution is -2.57. The number of aromatic nitrogens is 5. The first-order valence-electron chi connectivity index (χ1n) is 26.6. The molecule has 3 fully saturated rings. The summed E-state index contributed by atoms with van der Waals surface area (Å²) in [5.41, 5.74) is 9.16. The molecule has 3 aliphatic rings. The number of rotatable bonds is 24. The number of carbonyl (C=O) groups excluding carboxylic acids is 2. The number of likely N-dealkylation sites (tertiary alicyclic amines) is 1. The average Bonchev–Trinajstić information content (AvgIpc) is 4.25. The molecule has 2 amide bonds. The standard InChI is InChI=1S/C56H74N12O6S/c1-39-49(75-38-60-39)41-16-14-40(15-17-41)35-58-52(70)48-34-46(69)37-67(48)53(71)50(56(2,3)4)57-22-28-72-30-32-74-33-31-73-29-27-65-23-25-66(26-24-65)44-20-18-43(19-21-44)61-54-59-36-47-51(64-54)68(45-12-8-9-13-45)55(63-47)62-42-10-6-5-7-11-42/h5-7,10-11,14-21,36,38,45-46,48,50,57,69H,8-9,12-13,22-35,37H2,1-4H3,(H,58,70)(H,62,63)(H,59,61,64). The van der Waals surface area contributed by atoms with Crippen LogP contribution < -0.4 is 26.2 Å². The van der Waals surface area contributed by atoms with Crippen LogP contribution in [-0.4, -0.2) is 155 Å². The number of aryl methyl sites for hydroxylation is 1. The number of benzene rings is 3. The Bertz CT molecular complexity index is 2760. The Morgan fingerprint density at radius 1 is 0.813 bits per heavy atom. The van der Waals surface area contributed by atoms with Crippen LogP contribution in [0.5, 0.6) is 0 Å². The van der Waals surface area contributed by atoms with Crippen LogP contribution in [0.25, 0.3) is 21.6 Å². The Balaban J connectivity index is 0.623. The van der Waals surface area contributed by atoms with Gasteiger partial charge in [-0.15, -0.1) is 11.3 Å². The number of β-amino-alcohol motifs (C(OH)–C–C–N with tert-alkyl or cyclic N) is 1. The lowest BCUT2D eigenvalue weighted by Gasteiger charge is -2.36. The van der Waals surface area contributed by atoms with Gasteiger partial charge in [0.1, 0.15) is 11.6 Å². The topological polar surface area (TPSA) is 196 Å². The van der Waals surface area contributed by atoms with Gasteiger partial charge in [-0.25, -0.2) is 15.0 Å². The average molecular weight is 1040 g/mol. The van der Waals surface area contributed by atoms with Gasteiger partial charge in [0, 0.05) is 81.9 Å². The molecule has 5 N–H and O–H groups in total. The van der Waals surface area contributed by atoms with Gasteiger partial charge in [-0.1, -0.05) is 76.1 Å². The van der Waals surface area contributed by atoms with Crippen LogP contribution in [0.3, 0.4) is 0 Å². The van der Waals surface area contributed by atoms with Gasteiger partial charge in [0.25, 0.3) is 0 Å². The van der Waals surface area contributed by atoms with Crippen LogP contribution >= 0.6 is 11.3 Å². The number of carbonyl (C=O) groups is 2. The van der Waals surface area contributed by atoms with Crippen LogP contribution in [0.15, 0.2) is 90.6 Å². The zero-order chi connectivity index (χ0) is 52.2. The third-order valence-corrected chi connectivity index (χ3v) is 15.3. The van der Waals surface area contributed by atoms with Gasteiger partial charge in [0.15, 0.2) is 5.65 Å². The van der Waals surface area contributed by atoms with E-state index in [0.717, 1.165) is 95.8 Å². The molecule has 0 bridgehead atoms. The second-order valence-corrected chi connectivity index (χ2v) is 21.7. The zero-order valence-corrected chi connectivity index (χ0v) is 44.7. The highest BCUT2D eigenvalue weighted by atomic mass is 32.1. The lowest BCUT2D eigenvalue weighted by molar-refractivity contribution is -0.142. The van der Waals surface area contributed by atoms with E-state index in [4.69, 9.17) is 24.2 Å². The van der Waals surface area contributed by atoms with Crippen LogP contribution in [0.4, 0.5) is 29.0 Å². The van der Waals surface area contributed by atoms with Crippen LogP contribution in [0.1, 0.15) is 70.2 Å². The van der Waals surface area contributed by atoms with Crippen molar-refractivity contribution in [3.8, 4) is 10.4 Å². The molecular weight excluding hydrogens is 969 g/mol. The molecule has 0 spiro atoms. The molecule has 3 atom stereocenters. The molecule has 5 heterocycles. The van der Waals surface area contributed by atoms with Crippen molar-refractivity contribution in [2.24, 2.45) is 5.41 Å². The normalized spacial score (nSPS) is 18.0. The number of hydrogen-bond acceptors (Lipinski definition) is 16.